The summed E-state index contributed by atoms with van der Waals surface area (Å²) in [6, 6.07) is 8.98. The molecule has 8 heteroatoms. The molecular weight excluding hydrogens is 280 g/mol. The molecule has 0 saturated carbocycles. The number of pyridine rings is 1. The van der Waals surface area contributed by atoms with E-state index >= 15 is 0 Å². The van der Waals surface area contributed by atoms with Gasteiger partial charge in [0, 0.05) is 12.3 Å². The number of anilines is 2. The summed E-state index contributed by atoms with van der Waals surface area (Å²) < 4.78 is 0. The molecule has 7 nitrogen and oxygen atoms in total. The normalized spacial score (nSPS) is 9.80. The quantitative estimate of drug-likeness (QED) is 0.345. The fraction of sp³-hybridized carbons (Fsp3) is 0. The molecule has 0 radical (unpaired) electrons. The van der Waals surface area contributed by atoms with Crippen LogP contribution in [0.2, 0.25) is 0 Å². The molecule has 0 saturated heterocycles. The molecule has 0 aliphatic rings. The monoisotopic (exact) mass is 290 g/mol. The van der Waals surface area contributed by atoms with E-state index in [1.807, 2.05) is 0 Å². The fourth-order valence-electron chi connectivity index (χ4n) is 1.45. The molecule has 0 bridgehead atoms. The Hall–Kier alpha value is -2.74. The summed E-state index contributed by atoms with van der Waals surface area (Å²) in [4.78, 5) is 14.0. The Kier molecular flexibility index (Phi) is 4.06. The van der Waals surface area contributed by atoms with Gasteiger partial charge in [-0.25, -0.2) is 4.98 Å². The molecule has 1 aromatic heterocycles. The van der Waals surface area contributed by atoms with E-state index in [0.717, 1.165) is 6.07 Å². The summed E-state index contributed by atoms with van der Waals surface area (Å²) >= 11 is 5.05. The molecule has 0 spiro atoms. The molecule has 0 atom stereocenters. The lowest BCUT2D eigenvalue weighted by molar-refractivity contribution is -0.384. The molecule has 0 fully saturated rings. The lowest BCUT2D eigenvalue weighted by atomic mass is 10.2. The number of thiocarbonyl (C=S) groups is 1. The summed E-state index contributed by atoms with van der Waals surface area (Å²) in [5.41, 5.74) is 0.0701. The number of nitro groups is 1. The van der Waals surface area contributed by atoms with Crippen molar-refractivity contribution in [3.63, 3.8) is 0 Å². The first-order chi connectivity index (χ1) is 9.56. The van der Waals surface area contributed by atoms with E-state index in [2.05, 4.69) is 15.6 Å². The molecule has 20 heavy (non-hydrogen) atoms. The van der Waals surface area contributed by atoms with Crippen LogP contribution in [0.4, 0.5) is 17.2 Å². The molecule has 0 aliphatic heterocycles. The van der Waals surface area contributed by atoms with E-state index in [4.69, 9.17) is 12.2 Å². The number of nitro benzene ring substituents is 1. The number of phenols is 1. The molecule has 102 valence electrons. The Morgan fingerprint density at radius 3 is 2.70 bits per heavy atom. The van der Waals surface area contributed by atoms with Crippen LogP contribution in [0.5, 0.6) is 5.75 Å². The predicted molar refractivity (Wildman–Crippen MR) is 78.8 cm³/mol. The number of hydrogen-bond donors (Lipinski definition) is 3. The van der Waals surface area contributed by atoms with Gasteiger partial charge in [0.05, 0.1) is 16.7 Å². The number of nitrogens with zero attached hydrogens (tertiary/aromatic N) is 2. The van der Waals surface area contributed by atoms with Crippen LogP contribution >= 0.6 is 12.2 Å². The topological polar surface area (TPSA) is 100 Å². The highest BCUT2D eigenvalue weighted by Gasteiger charge is 2.10. The number of hydrogen-bond acceptors (Lipinski definition) is 5. The van der Waals surface area contributed by atoms with Crippen LogP contribution in [-0.4, -0.2) is 20.1 Å². The van der Waals surface area contributed by atoms with Crippen molar-refractivity contribution in [2.45, 2.75) is 0 Å². The summed E-state index contributed by atoms with van der Waals surface area (Å²) in [5, 5.41) is 26.0. The maximum absolute atomic E-state index is 10.6. The molecule has 0 aliphatic carbocycles. The van der Waals surface area contributed by atoms with Crippen LogP contribution in [0.15, 0.2) is 42.6 Å². The molecule has 0 amide bonds. The van der Waals surface area contributed by atoms with Gasteiger partial charge in [-0.1, -0.05) is 6.07 Å². The second-order valence-electron chi connectivity index (χ2n) is 3.75. The molecule has 0 unspecified atom stereocenters. The van der Waals surface area contributed by atoms with Gasteiger partial charge in [-0.3, -0.25) is 10.1 Å². The van der Waals surface area contributed by atoms with Crippen LogP contribution in [0, 0.1) is 10.1 Å². The Bertz CT molecular complexity index is 648. The Morgan fingerprint density at radius 1 is 1.30 bits per heavy atom. The first kappa shape index (κ1) is 13.7. The standard InChI is InChI=1S/C12H10N4O3S/c17-10-7-8(16(18)19)4-5-9(10)14-12(20)15-11-3-1-2-6-13-11/h1-7,17H,(H2,13,14,15,20). The molecule has 2 aromatic rings. The lowest BCUT2D eigenvalue weighted by Crippen LogP contribution is -2.19. The van der Waals surface area contributed by atoms with Crippen molar-refractivity contribution in [3.05, 3.63) is 52.7 Å². The second kappa shape index (κ2) is 5.93. The molecule has 2 rings (SSSR count). The highest BCUT2D eigenvalue weighted by molar-refractivity contribution is 7.80. The van der Waals surface area contributed by atoms with Gasteiger partial charge in [-0.15, -0.1) is 0 Å². The maximum Gasteiger partial charge on any atom is 0.273 e. The minimum Gasteiger partial charge on any atom is -0.506 e. The average Bonchev–Trinajstić information content (AvgIpc) is 2.42. The highest BCUT2D eigenvalue weighted by atomic mass is 32.1. The number of non-ortho nitro benzene ring substituents is 1. The van der Waals surface area contributed by atoms with Crippen LogP contribution in [0.25, 0.3) is 0 Å². The van der Waals surface area contributed by atoms with Crippen LogP contribution in [-0.2, 0) is 0 Å². The zero-order chi connectivity index (χ0) is 14.5. The summed E-state index contributed by atoms with van der Waals surface area (Å²) in [7, 11) is 0. The maximum atomic E-state index is 10.6. The number of benzene rings is 1. The van der Waals surface area contributed by atoms with E-state index < -0.39 is 4.92 Å². The van der Waals surface area contributed by atoms with Gasteiger partial charge in [-0.2, -0.15) is 0 Å². The first-order valence-electron chi connectivity index (χ1n) is 5.53. The van der Waals surface area contributed by atoms with Gasteiger partial charge >= 0.3 is 0 Å². The highest BCUT2D eigenvalue weighted by Crippen LogP contribution is 2.27. The zero-order valence-corrected chi connectivity index (χ0v) is 10.9. The van der Waals surface area contributed by atoms with Crippen molar-refractivity contribution in [1.82, 2.24) is 4.98 Å². The molecular formula is C12H10N4O3S. The van der Waals surface area contributed by atoms with E-state index in [1.165, 1.54) is 12.1 Å². The third-order valence-corrected chi connectivity index (χ3v) is 2.55. The lowest BCUT2D eigenvalue weighted by Gasteiger charge is -2.10. The van der Waals surface area contributed by atoms with Crippen molar-refractivity contribution in [3.8, 4) is 5.75 Å². The predicted octanol–water partition coefficient (Wildman–Crippen LogP) is 2.50. The number of rotatable bonds is 3. The van der Waals surface area contributed by atoms with Gasteiger partial charge in [0.1, 0.15) is 11.6 Å². The summed E-state index contributed by atoms with van der Waals surface area (Å²) in [6.07, 6.45) is 1.61. The van der Waals surface area contributed by atoms with E-state index in [1.54, 1.807) is 24.4 Å². The number of phenolic OH excluding ortho intramolecular Hbond substituents is 1. The van der Waals surface area contributed by atoms with Crippen LogP contribution in [0.3, 0.4) is 0 Å². The van der Waals surface area contributed by atoms with Gasteiger partial charge in [-0.05, 0) is 30.4 Å². The van der Waals surface area contributed by atoms with Crippen molar-refractivity contribution in [2.24, 2.45) is 0 Å². The van der Waals surface area contributed by atoms with Crippen molar-refractivity contribution >= 4 is 34.5 Å². The third kappa shape index (κ3) is 3.39. The third-order valence-electron chi connectivity index (χ3n) is 2.35. The Labute approximate surface area is 119 Å². The molecule has 1 aromatic carbocycles. The van der Waals surface area contributed by atoms with Crippen molar-refractivity contribution < 1.29 is 10.0 Å². The Balaban J connectivity index is 2.06. The van der Waals surface area contributed by atoms with E-state index in [9.17, 15) is 15.2 Å². The van der Waals surface area contributed by atoms with Gasteiger partial charge in [0.15, 0.2) is 5.11 Å². The smallest absolute Gasteiger partial charge is 0.273 e. The molecule has 3 N–H and O–H groups in total. The van der Waals surface area contributed by atoms with Gasteiger partial charge in [0.25, 0.3) is 5.69 Å². The summed E-state index contributed by atoms with van der Waals surface area (Å²) in [5.74, 6) is 0.288. The summed E-state index contributed by atoms with van der Waals surface area (Å²) in [6.45, 7) is 0. The number of aromatic hydroxyl groups is 1. The minimum absolute atomic E-state index is 0.198. The SMILES string of the molecule is O=[N+]([O-])c1ccc(NC(=S)Nc2ccccn2)c(O)c1. The first-order valence-corrected chi connectivity index (χ1v) is 5.93. The van der Waals surface area contributed by atoms with Crippen LogP contribution in [0.1, 0.15) is 0 Å². The van der Waals surface area contributed by atoms with Gasteiger partial charge in [0.2, 0.25) is 0 Å². The largest absolute Gasteiger partial charge is 0.506 e. The average molecular weight is 290 g/mol. The van der Waals surface area contributed by atoms with Crippen molar-refractivity contribution in [2.75, 3.05) is 10.6 Å². The second-order valence-corrected chi connectivity index (χ2v) is 4.16. The Morgan fingerprint density at radius 2 is 2.10 bits per heavy atom. The van der Waals surface area contributed by atoms with Crippen molar-refractivity contribution in [1.29, 1.82) is 0 Å². The molecule has 1 heterocycles. The fourth-order valence-corrected chi connectivity index (χ4v) is 1.66. The van der Waals surface area contributed by atoms with Crippen LogP contribution < -0.4 is 10.6 Å². The zero-order valence-electron chi connectivity index (χ0n) is 10.1. The minimum atomic E-state index is -0.589. The van der Waals surface area contributed by atoms with Gasteiger partial charge < -0.3 is 15.7 Å². The number of nitrogens with one attached hydrogen (secondary N) is 2. The van der Waals surface area contributed by atoms with E-state index in [0.29, 0.717) is 5.82 Å². The van der Waals surface area contributed by atoms with E-state index in [-0.39, 0.29) is 22.2 Å². The number of aromatic nitrogens is 1.